The summed E-state index contributed by atoms with van der Waals surface area (Å²) in [4.78, 5) is 22.5. The molecule has 1 aliphatic rings. The summed E-state index contributed by atoms with van der Waals surface area (Å²) >= 11 is 6.68. The van der Waals surface area contributed by atoms with Gasteiger partial charge in [-0.05, 0) is 41.6 Å². The van der Waals surface area contributed by atoms with E-state index in [0.717, 1.165) is 11.8 Å². The fourth-order valence-electron chi connectivity index (χ4n) is 1.20. The van der Waals surface area contributed by atoms with E-state index in [1.54, 1.807) is 6.07 Å². The molecule has 0 atom stereocenters. The standard InChI is InChI=1S/C10H6ClNO3S/c11-7-4-6(13)2-1-5(7)3-8-9(14)12-10(15)16-8/h1-4,13H,(H,12,14,15). The molecule has 2 amide bonds. The van der Waals surface area contributed by atoms with Crippen molar-refractivity contribution in [2.24, 2.45) is 0 Å². The van der Waals surface area contributed by atoms with Crippen LogP contribution in [0.25, 0.3) is 6.08 Å². The number of carbonyl (C=O) groups is 2. The van der Waals surface area contributed by atoms with E-state index in [-0.39, 0.29) is 10.7 Å². The van der Waals surface area contributed by atoms with Crippen molar-refractivity contribution in [3.8, 4) is 5.75 Å². The quantitative estimate of drug-likeness (QED) is 0.756. The van der Waals surface area contributed by atoms with Gasteiger partial charge >= 0.3 is 0 Å². The maximum absolute atomic E-state index is 11.3. The Balaban J connectivity index is 2.36. The zero-order valence-corrected chi connectivity index (χ0v) is 9.43. The molecule has 0 aliphatic carbocycles. The normalized spacial score (nSPS) is 17.9. The summed E-state index contributed by atoms with van der Waals surface area (Å²) in [5.41, 5.74) is 0.576. The van der Waals surface area contributed by atoms with Crippen molar-refractivity contribution < 1.29 is 14.7 Å². The molecule has 16 heavy (non-hydrogen) atoms. The highest BCUT2D eigenvalue weighted by Gasteiger charge is 2.25. The summed E-state index contributed by atoms with van der Waals surface area (Å²) in [6.07, 6.45) is 1.51. The zero-order chi connectivity index (χ0) is 11.7. The van der Waals surface area contributed by atoms with Crippen LogP contribution in [0.4, 0.5) is 4.79 Å². The summed E-state index contributed by atoms with van der Waals surface area (Å²) in [6.45, 7) is 0. The van der Waals surface area contributed by atoms with Crippen molar-refractivity contribution in [1.29, 1.82) is 0 Å². The van der Waals surface area contributed by atoms with Crippen LogP contribution in [0.2, 0.25) is 5.02 Å². The minimum atomic E-state index is -0.431. The highest BCUT2D eigenvalue weighted by atomic mass is 35.5. The van der Waals surface area contributed by atoms with Gasteiger partial charge in [0.15, 0.2) is 0 Å². The van der Waals surface area contributed by atoms with Crippen LogP contribution in [0.3, 0.4) is 0 Å². The third kappa shape index (κ3) is 2.20. The first-order valence-corrected chi connectivity index (χ1v) is 5.49. The van der Waals surface area contributed by atoms with E-state index >= 15 is 0 Å². The number of amides is 2. The van der Waals surface area contributed by atoms with Crippen LogP contribution in [0.1, 0.15) is 5.56 Å². The van der Waals surface area contributed by atoms with E-state index in [9.17, 15) is 9.59 Å². The number of aromatic hydroxyl groups is 1. The molecule has 0 bridgehead atoms. The molecule has 0 spiro atoms. The van der Waals surface area contributed by atoms with Gasteiger partial charge in [-0.1, -0.05) is 11.6 Å². The molecule has 82 valence electrons. The fraction of sp³-hybridized carbons (Fsp3) is 0. The highest BCUT2D eigenvalue weighted by molar-refractivity contribution is 8.18. The van der Waals surface area contributed by atoms with Gasteiger partial charge in [0.2, 0.25) is 0 Å². The molecular formula is C10H6ClNO3S. The second kappa shape index (κ2) is 4.19. The molecule has 0 unspecified atom stereocenters. The first-order valence-electron chi connectivity index (χ1n) is 4.29. The number of imide groups is 1. The summed E-state index contributed by atoms with van der Waals surface area (Å²) in [5.74, 6) is -0.383. The Hall–Kier alpha value is -1.46. The van der Waals surface area contributed by atoms with Gasteiger partial charge in [0, 0.05) is 0 Å². The smallest absolute Gasteiger partial charge is 0.290 e. The average molecular weight is 256 g/mol. The van der Waals surface area contributed by atoms with Gasteiger partial charge in [-0.3, -0.25) is 14.9 Å². The number of rotatable bonds is 1. The van der Waals surface area contributed by atoms with Crippen LogP contribution in [0.15, 0.2) is 23.1 Å². The average Bonchev–Trinajstić information content (AvgIpc) is 2.50. The van der Waals surface area contributed by atoms with Crippen LogP contribution >= 0.6 is 23.4 Å². The van der Waals surface area contributed by atoms with Gasteiger partial charge in [0.25, 0.3) is 11.1 Å². The third-order valence-electron chi connectivity index (χ3n) is 1.91. The molecule has 0 saturated carbocycles. The number of benzene rings is 1. The van der Waals surface area contributed by atoms with Crippen LogP contribution in [-0.4, -0.2) is 16.3 Å². The number of phenols is 1. The van der Waals surface area contributed by atoms with Crippen molar-refractivity contribution in [3.63, 3.8) is 0 Å². The summed E-state index contributed by atoms with van der Waals surface area (Å²) < 4.78 is 0. The molecule has 1 heterocycles. The van der Waals surface area contributed by atoms with Crippen molar-refractivity contribution in [2.75, 3.05) is 0 Å². The van der Waals surface area contributed by atoms with Gasteiger partial charge in [-0.2, -0.15) is 0 Å². The number of carbonyl (C=O) groups excluding carboxylic acids is 2. The Morgan fingerprint density at radius 3 is 2.69 bits per heavy atom. The van der Waals surface area contributed by atoms with Gasteiger partial charge < -0.3 is 5.11 Å². The Morgan fingerprint density at radius 1 is 1.38 bits per heavy atom. The fourth-order valence-corrected chi connectivity index (χ4v) is 2.10. The van der Waals surface area contributed by atoms with Gasteiger partial charge in [-0.15, -0.1) is 0 Å². The Morgan fingerprint density at radius 2 is 2.12 bits per heavy atom. The molecule has 1 aromatic rings. The van der Waals surface area contributed by atoms with Crippen LogP contribution < -0.4 is 5.32 Å². The minimum Gasteiger partial charge on any atom is -0.508 e. The lowest BCUT2D eigenvalue weighted by molar-refractivity contribution is -0.115. The van der Waals surface area contributed by atoms with Crippen molar-refractivity contribution >= 4 is 40.6 Å². The molecular weight excluding hydrogens is 250 g/mol. The molecule has 1 aromatic carbocycles. The number of thioether (sulfide) groups is 1. The lowest BCUT2D eigenvalue weighted by atomic mass is 10.2. The monoisotopic (exact) mass is 255 g/mol. The Bertz CT molecular complexity index is 513. The predicted molar refractivity (Wildman–Crippen MR) is 62.2 cm³/mol. The molecule has 1 aliphatic heterocycles. The third-order valence-corrected chi connectivity index (χ3v) is 3.05. The van der Waals surface area contributed by atoms with Crippen LogP contribution in [0.5, 0.6) is 5.75 Å². The molecule has 1 fully saturated rings. The number of phenolic OH excluding ortho intramolecular Hbond substituents is 1. The lowest BCUT2D eigenvalue weighted by Gasteiger charge is -1.99. The van der Waals surface area contributed by atoms with Crippen molar-refractivity contribution in [3.05, 3.63) is 33.7 Å². The highest BCUT2D eigenvalue weighted by Crippen LogP contribution is 2.29. The Kier molecular flexibility index (Phi) is 2.89. The van der Waals surface area contributed by atoms with Crippen LogP contribution in [0, 0.1) is 0 Å². The number of halogens is 1. The molecule has 6 heteroatoms. The predicted octanol–water partition coefficient (Wildman–Crippen LogP) is 2.37. The molecule has 1 saturated heterocycles. The second-order valence-corrected chi connectivity index (χ2v) is 4.48. The zero-order valence-electron chi connectivity index (χ0n) is 7.86. The maximum Gasteiger partial charge on any atom is 0.290 e. The SMILES string of the molecule is O=C1NC(=O)C(=Cc2ccc(O)cc2Cl)S1. The summed E-state index contributed by atoms with van der Waals surface area (Å²) in [7, 11) is 0. The molecule has 4 nitrogen and oxygen atoms in total. The first-order chi connectivity index (χ1) is 7.56. The van der Waals surface area contributed by atoms with E-state index in [1.165, 1.54) is 18.2 Å². The molecule has 2 rings (SSSR count). The maximum atomic E-state index is 11.3. The largest absolute Gasteiger partial charge is 0.508 e. The lowest BCUT2D eigenvalue weighted by Crippen LogP contribution is -2.17. The van der Waals surface area contributed by atoms with E-state index in [2.05, 4.69) is 5.32 Å². The number of nitrogens with one attached hydrogen (secondary N) is 1. The van der Waals surface area contributed by atoms with Crippen LogP contribution in [-0.2, 0) is 4.79 Å². The first kappa shape index (κ1) is 11.0. The molecule has 2 N–H and O–H groups in total. The summed E-state index contributed by atoms with van der Waals surface area (Å²) in [5, 5.41) is 11.2. The number of hydrogen-bond acceptors (Lipinski definition) is 4. The molecule has 0 aromatic heterocycles. The Labute approximate surface area is 100 Å². The molecule has 0 radical (unpaired) electrons. The van der Waals surface area contributed by atoms with Gasteiger partial charge in [-0.25, -0.2) is 0 Å². The second-order valence-electron chi connectivity index (χ2n) is 3.06. The summed E-state index contributed by atoms with van der Waals surface area (Å²) in [6, 6.07) is 4.40. The van der Waals surface area contributed by atoms with E-state index in [1.807, 2.05) is 0 Å². The number of hydrogen-bond donors (Lipinski definition) is 2. The van der Waals surface area contributed by atoms with E-state index in [0.29, 0.717) is 10.6 Å². The van der Waals surface area contributed by atoms with Gasteiger partial charge in [0.05, 0.1) is 9.93 Å². The van der Waals surface area contributed by atoms with Gasteiger partial charge in [0.1, 0.15) is 5.75 Å². The topological polar surface area (TPSA) is 66.4 Å². The van der Waals surface area contributed by atoms with Crippen molar-refractivity contribution in [2.45, 2.75) is 0 Å². The minimum absolute atomic E-state index is 0.0479. The van der Waals surface area contributed by atoms with Crippen molar-refractivity contribution in [1.82, 2.24) is 5.32 Å². The van der Waals surface area contributed by atoms with E-state index in [4.69, 9.17) is 16.7 Å². The van der Waals surface area contributed by atoms with E-state index < -0.39 is 11.1 Å².